The van der Waals surface area contributed by atoms with Crippen LogP contribution in [0, 0.1) is 11.7 Å². The summed E-state index contributed by atoms with van der Waals surface area (Å²) in [6.07, 6.45) is -6.06. The number of aliphatic imine (C=N–C) groups is 1. The number of carbonyl (C=O) groups is 1. The Morgan fingerprint density at radius 1 is 1.10 bits per heavy atom. The molecule has 0 radical (unpaired) electrons. The Balaban J connectivity index is 1.84. The van der Waals surface area contributed by atoms with Crippen LogP contribution in [0.25, 0.3) is 0 Å². The second kappa shape index (κ2) is 8.63. The van der Waals surface area contributed by atoms with Crippen LogP contribution in [0.2, 0.25) is 0 Å². The molecule has 2 aliphatic rings. The van der Waals surface area contributed by atoms with Crippen molar-refractivity contribution in [3.8, 4) is 0 Å². The molecule has 1 aromatic carbocycles. The van der Waals surface area contributed by atoms with Gasteiger partial charge in [0.25, 0.3) is 5.91 Å². The molecule has 4 nitrogen and oxygen atoms in total. The predicted molar refractivity (Wildman–Crippen MR) is 106 cm³/mol. The van der Waals surface area contributed by atoms with E-state index >= 15 is 0 Å². The van der Waals surface area contributed by atoms with Gasteiger partial charge in [-0.25, -0.2) is 9.38 Å². The molecule has 0 unspecified atom stereocenters. The Bertz CT molecular complexity index is 931. The van der Waals surface area contributed by atoms with Gasteiger partial charge in [-0.3, -0.25) is 4.79 Å². The minimum atomic E-state index is -4.82. The van der Waals surface area contributed by atoms with Crippen molar-refractivity contribution < 1.29 is 35.5 Å². The van der Waals surface area contributed by atoms with E-state index in [4.69, 9.17) is 0 Å². The van der Waals surface area contributed by atoms with Crippen LogP contribution in [0.1, 0.15) is 24.8 Å². The Morgan fingerprint density at radius 2 is 1.80 bits per heavy atom. The normalized spacial score (nSPS) is 17.8. The van der Waals surface area contributed by atoms with Gasteiger partial charge in [0, 0.05) is 18.4 Å². The van der Waals surface area contributed by atoms with E-state index in [1.807, 2.05) is 0 Å². The number of nitrogens with one attached hydrogen (secondary N) is 2. The monoisotopic (exact) mass is 549 g/mol. The molecule has 0 bridgehead atoms. The molecular weight excluding hydrogens is 534 g/mol. The van der Waals surface area contributed by atoms with Crippen molar-refractivity contribution in [1.29, 1.82) is 0 Å². The van der Waals surface area contributed by atoms with Crippen molar-refractivity contribution in [2.24, 2.45) is 10.9 Å². The van der Waals surface area contributed by atoms with Crippen LogP contribution in [0.5, 0.6) is 0 Å². The lowest BCUT2D eigenvalue weighted by Gasteiger charge is -2.25. The van der Waals surface area contributed by atoms with E-state index in [1.54, 1.807) is 0 Å². The maximum atomic E-state index is 13.5. The first-order valence-electron chi connectivity index (χ1n) is 8.74. The Kier molecular flexibility index (Phi) is 6.53. The van der Waals surface area contributed by atoms with Gasteiger partial charge in [0.05, 0.1) is 11.1 Å². The molecule has 1 aliphatic carbocycles. The van der Waals surface area contributed by atoms with E-state index in [0.29, 0.717) is 6.07 Å². The highest BCUT2D eigenvalue weighted by atomic mass is 127. The van der Waals surface area contributed by atoms with Crippen LogP contribution in [-0.4, -0.2) is 28.6 Å². The van der Waals surface area contributed by atoms with Crippen molar-refractivity contribution in [3.05, 3.63) is 38.7 Å². The minimum Gasteiger partial charge on any atom is -0.352 e. The van der Waals surface area contributed by atoms with Crippen LogP contribution in [0.15, 0.2) is 32.3 Å². The van der Waals surface area contributed by atoms with Gasteiger partial charge in [0.15, 0.2) is 3.76 Å². The summed E-state index contributed by atoms with van der Waals surface area (Å²) in [6.45, 7) is 0.276. The zero-order valence-electron chi connectivity index (χ0n) is 15.1. The molecule has 1 saturated carbocycles. The summed E-state index contributed by atoms with van der Waals surface area (Å²) in [6, 6.07) is 1.58. The largest absolute Gasteiger partial charge is 0.422 e. The molecule has 0 spiro atoms. The molecule has 3 rings (SSSR count). The number of hydrogen-bond acceptors (Lipinski definition) is 3. The summed E-state index contributed by atoms with van der Waals surface area (Å²) < 4.78 is 91.1. The number of alkyl halides is 6. The number of rotatable bonds is 5. The van der Waals surface area contributed by atoms with Crippen LogP contribution in [0.3, 0.4) is 0 Å². The number of hydrogen-bond donors (Lipinski definition) is 2. The van der Waals surface area contributed by atoms with Crippen LogP contribution in [0.4, 0.5) is 36.4 Å². The first kappa shape index (κ1) is 22.7. The molecule has 1 heterocycles. The van der Waals surface area contributed by atoms with Crippen molar-refractivity contribution in [1.82, 2.24) is 5.32 Å². The van der Waals surface area contributed by atoms with Gasteiger partial charge in [0.2, 0.25) is 0 Å². The fourth-order valence-corrected chi connectivity index (χ4v) is 4.95. The molecule has 0 atom stereocenters. The zero-order valence-corrected chi connectivity index (χ0v) is 17.3. The zero-order chi connectivity index (χ0) is 22.1. The van der Waals surface area contributed by atoms with Crippen LogP contribution in [-0.2, 0) is 11.0 Å². The smallest absolute Gasteiger partial charge is 0.352 e. The lowest BCUT2D eigenvalue weighted by molar-refractivity contribution is -0.137. The average Bonchev–Trinajstić information content (AvgIpc) is 2.58. The highest BCUT2D eigenvalue weighted by Crippen LogP contribution is 2.39. The van der Waals surface area contributed by atoms with Gasteiger partial charge >= 0.3 is 12.4 Å². The number of carbonyl (C=O) groups excluding carboxylic acids is 1. The van der Waals surface area contributed by atoms with Gasteiger partial charge in [-0.2, -0.15) is 26.3 Å². The molecule has 1 aromatic rings. The molecule has 2 N–H and O–H groups in total. The van der Waals surface area contributed by atoms with E-state index in [1.165, 1.54) is 0 Å². The number of benzene rings is 1. The lowest BCUT2D eigenvalue weighted by Crippen LogP contribution is -2.35. The van der Waals surface area contributed by atoms with E-state index in [2.05, 4.69) is 15.6 Å². The minimum absolute atomic E-state index is 0.249. The topological polar surface area (TPSA) is 53.5 Å². The first-order chi connectivity index (χ1) is 13.9. The number of halogens is 8. The third-order valence-electron chi connectivity index (χ3n) is 4.47. The van der Waals surface area contributed by atoms with E-state index < -0.39 is 59.5 Å². The molecule has 1 aliphatic heterocycles. The van der Waals surface area contributed by atoms with Gasteiger partial charge in [-0.1, -0.05) is 6.42 Å². The SMILES string of the molecule is O=C(NCC1CCC1)C1=C(C(F)(F)F)I=C(Nc2cc(F)cc(C(F)(F)F)c2)N=C1. The second-order valence-corrected chi connectivity index (χ2v) is 9.37. The Hall–Kier alpha value is -1.99. The maximum absolute atomic E-state index is 13.5. The Labute approximate surface area is 176 Å². The van der Waals surface area contributed by atoms with Crippen LogP contribution >= 0.6 is 20.7 Å². The van der Waals surface area contributed by atoms with Crippen LogP contribution < -0.4 is 10.6 Å². The van der Waals surface area contributed by atoms with E-state index in [-0.39, 0.29) is 28.0 Å². The highest BCUT2D eigenvalue weighted by Gasteiger charge is 2.39. The number of nitrogens with zero attached hydrogens (tertiary/aromatic N) is 1. The van der Waals surface area contributed by atoms with E-state index in [0.717, 1.165) is 31.5 Å². The quantitative estimate of drug-likeness (QED) is 0.396. The summed E-state index contributed by atoms with van der Waals surface area (Å²) in [5.74, 6) is -1.84. The highest BCUT2D eigenvalue weighted by molar-refractivity contribution is 14.2. The fourth-order valence-electron chi connectivity index (χ4n) is 2.74. The van der Waals surface area contributed by atoms with E-state index in [9.17, 15) is 35.5 Å². The summed E-state index contributed by atoms with van der Waals surface area (Å²) in [7, 11) is 0. The molecule has 0 saturated heterocycles. The molecule has 1 fully saturated rings. The molecule has 12 heteroatoms. The summed E-state index contributed by atoms with van der Waals surface area (Å²) in [5.41, 5.74) is -2.27. The standard InChI is InChI=1S/C18H15F7IN3O/c19-11-4-10(17(20,21)22)5-12(6-11)29-16-26-14(18(23,24)25)13(8-28-16)15(30)27-7-9-2-1-3-9/h4-6,8-9H,1-3,7H2,(H,27,30)(H,28,29). The van der Waals surface area contributed by atoms with Gasteiger partial charge < -0.3 is 10.6 Å². The summed E-state index contributed by atoms with van der Waals surface area (Å²) >= 11 is -2.07. The van der Waals surface area contributed by atoms with Crippen molar-refractivity contribution >= 4 is 42.3 Å². The number of amides is 1. The summed E-state index contributed by atoms with van der Waals surface area (Å²) in [5, 5.41) is 4.80. The molecular formula is C18H15F7IN3O. The average molecular weight is 549 g/mol. The lowest BCUT2D eigenvalue weighted by atomic mass is 9.85. The third-order valence-corrected chi connectivity index (χ3v) is 7.26. The predicted octanol–water partition coefficient (Wildman–Crippen LogP) is 5.13. The van der Waals surface area contributed by atoms with Crippen molar-refractivity contribution in [2.45, 2.75) is 31.6 Å². The summed E-state index contributed by atoms with van der Waals surface area (Å²) in [4.78, 5) is 16.0. The maximum Gasteiger partial charge on any atom is 0.422 e. The number of anilines is 1. The van der Waals surface area contributed by atoms with Gasteiger partial charge in [-0.15, -0.1) is 0 Å². The fraction of sp³-hybridized carbons (Fsp3) is 0.389. The van der Waals surface area contributed by atoms with Crippen molar-refractivity contribution in [3.63, 3.8) is 0 Å². The molecule has 1 amide bonds. The van der Waals surface area contributed by atoms with Crippen molar-refractivity contribution in [2.75, 3.05) is 11.9 Å². The molecule has 0 aromatic heterocycles. The Morgan fingerprint density at radius 3 is 2.37 bits per heavy atom. The van der Waals surface area contributed by atoms with Gasteiger partial charge in [-0.05, 0) is 57.7 Å². The molecule has 30 heavy (non-hydrogen) atoms. The first-order valence-corrected chi connectivity index (χ1v) is 10.9. The molecule has 164 valence electrons. The third kappa shape index (κ3) is 5.58. The number of allylic oxidation sites excluding steroid dienone is 1. The van der Waals surface area contributed by atoms with Gasteiger partial charge in [0.1, 0.15) is 9.40 Å². The second-order valence-electron chi connectivity index (χ2n) is 6.73.